The molecule has 1 heterocycles. The number of rotatable bonds is 7. The molecule has 5 nitrogen and oxygen atoms in total. The molecule has 122 valence electrons. The number of aryl methyl sites for hydroxylation is 2. The topological polar surface area (TPSA) is 69.6 Å². The Morgan fingerprint density at radius 3 is 2.59 bits per heavy atom. The molecule has 0 saturated heterocycles. The fourth-order valence-electron chi connectivity index (χ4n) is 2.92. The molecule has 1 aliphatic rings. The largest absolute Gasteiger partial charge is 0.480 e. The summed E-state index contributed by atoms with van der Waals surface area (Å²) >= 11 is 1.56. The molecule has 0 bridgehead atoms. The van der Waals surface area contributed by atoms with Gasteiger partial charge < -0.3 is 10.4 Å². The van der Waals surface area contributed by atoms with Gasteiger partial charge in [-0.05, 0) is 44.4 Å². The van der Waals surface area contributed by atoms with Crippen molar-refractivity contribution < 1.29 is 14.7 Å². The van der Waals surface area contributed by atoms with Gasteiger partial charge in [-0.15, -0.1) is 11.3 Å². The molecular formula is C16H24N2O3S. The van der Waals surface area contributed by atoms with Gasteiger partial charge in [0.15, 0.2) is 0 Å². The molecule has 6 heteroatoms. The summed E-state index contributed by atoms with van der Waals surface area (Å²) in [7, 11) is 0. The highest BCUT2D eigenvalue weighted by atomic mass is 32.1. The lowest BCUT2D eigenvalue weighted by Gasteiger charge is -2.42. The van der Waals surface area contributed by atoms with Crippen LogP contribution in [-0.2, 0) is 11.2 Å². The molecule has 1 saturated carbocycles. The number of carboxylic acids is 1. The highest BCUT2D eigenvalue weighted by Gasteiger charge is 2.34. The maximum Gasteiger partial charge on any atom is 0.317 e. The molecule has 0 aliphatic heterocycles. The molecule has 1 aliphatic carbocycles. The van der Waals surface area contributed by atoms with Crippen LogP contribution in [0, 0.1) is 6.92 Å². The Kier molecular flexibility index (Phi) is 5.58. The molecule has 2 N–H and O–H groups in total. The predicted octanol–water partition coefficient (Wildman–Crippen LogP) is 2.29. The average molecular weight is 324 g/mol. The summed E-state index contributed by atoms with van der Waals surface area (Å²) in [6.07, 6.45) is 2.62. The minimum atomic E-state index is -0.796. The number of nitrogens with zero attached hydrogens (tertiary/aromatic N) is 1. The Bertz CT molecular complexity index is 550. The van der Waals surface area contributed by atoms with E-state index in [4.69, 9.17) is 5.11 Å². The number of hydrogen-bond acceptors (Lipinski definition) is 4. The van der Waals surface area contributed by atoms with Gasteiger partial charge in [0.05, 0.1) is 11.4 Å². The minimum absolute atomic E-state index is 0.00228. The third-order valence-corrected chi connectivity index (χ3v) is 5.66. The molecule has 1 aromatic heterocycles. The van der Waals surface area contributed by atoms with Crippen LogP contribution in [0.1, 0.15) is 46.8 Å². The number of carbonyl (C=O) groups excluding carboxylic acids is 1. The second kappa shape index (κ2) is 7.24. The fourth-order valence-corrected chi connectivity index (χ4v) is 3.93. The van der Waals surface area contributed by atoms with E-state index in [0.717, 1.165) is 30.7 Å². The standard InChI is InChI=1S/C16H24N2O3S/c1-4-13-10(3)6-14(22-13)16(21)17-11-7-12(8-11)18(5-2)9-15(19)20/h6,11-12H,4-5,7-9H2,1-3H3,(H,17,21)(H,19,20). The Morgan fingerprint density at radius 1 is 1.41 bits per heavy atom. The fraction of sp³-hybridized carbons (Fsp3) is 0.625. The Labute approximate surface area is 135 Å². The van der Waals surface area contributed by atoms with E-state index in [1.165, 1.54) is 10.4 Å². The van der Waals surface area contributed by atoms with Gasteiger partial charge in [0.2, 0.25) is 0 Å². The van der Waals surface area contributed by atoms with Crippen molar-refractivity contribution in [3.05, 3.63) is 21.4 Å². The third kappa shape index (κ3) is 3.87. The van der Waals surface area contributed by atoms with Crippen molar-refractivity contribution in [2.75, 3.05) is 13.1 Å². The molecule has 0 atom stereocenters. The normalized spacial score (nSPS) is 20.7. The molecule has 2 rings (SSSR count). The van der Waals surface area contributed by atoms with Gasteiger partial charge in [-0.25, -0.2) is 0 Å². The quantitative estimate of drug-likeness (QED) is 0.807. The van der Waals surface area contributed by atoms with Gasteiger partial charge in [-0.3, -0.25) is 14.5 Å². The second-order valence-corrected chi connectivity index (χ2v) is 6.96. The summed E-state index contributed by atoms with van der Waals surface area (Å²) in [5.74, 6) is -0.798. The van der Waals surface area contributed by atoms with Gasteiger partial charge >= 0.3 is 5.97 Å². The summed E-state index contributed by atoms with van der Waals surface area (Å²) in [4.78, 5) is 27.0. The maximum absolute atomic E-state index is 12.2. The number of carboxylic acid groups (broad SMARTS) is 1. The van der Waals surface area contributed by atoms with Crippen molar-refractivity contribution in [2.45, 2.75) is 52.1 Å². The zero-order chi connectivity index (χ0) is 16.3. The van der Waals surface area contributed by atoms with Crippen molar-refractivity contribution in [3.8, 4) is 0 Å². The maximum atomic E-state index is 12.2. The predicted molar refractivity (Wildman–Crippen MR) is 87.6 cm³/mol. The summed E-state index contributed by atoms with van der Waals surface area (Å²) < 4.78 is 0. The lowest BCUT2D eigenvalue weighted by molar-refractivity contribution is -0.139. The van der Waals surface area contributed by atoms with E-state index in [2.05, 4.69) is 12.2 Å². The van der Waals surface area contributed by atoms with E-state index < -0.39 is 5.97 Å². The van der Waals surface area contributed by atoms with Crippen molar-refractivity contribution in [1.29, 1.82) is 0 Å². The highest BCUT2D eigenvalue weighted by Crippen LogP contribution is 2.27. The van der Waals surface area contributed by atoms with E-state index in [1.54, 1.807) is 11.3 Å². The van der Waals surface area contributed by atoms with Crippen LogP contribution in [0.5, 0.6) is 0 Å². The summed E-state index contributed by atoms with van der Waals surface area (Å²) in [5, 5.41) is 11.9. The van der Waals surface area contributed by atoms with Crippen LogP contribution in [0.25, 0.3) is 0 Å². The van der Waals surface area contributed by atoms with Gasteiger partial charge in [0.1, 0.15) is 0 Å². The number of thiophene rings is 1. The number of nitrogens with one attached hydrogen (secondary N) is 1. The number of hydrogen-bond donors (Lipinski definition) is 2. The molecule has 0 spiro atoms. The summed E-state index contributed by atoms with van der Waals surface area (Å²) in [5.41, 5.74) is 1.18. The zero-order valence-corrected chi connectivity index (χ0v) is 14.2. The van der Waals surface area contributed by atoms with Crippen LogP contribution in [-0.4, -0.2) is 47.1 Å². The van der Waals surface area contributed by atoms with Gasteiger partial charge in [0.25, 0.3) is 5.91 Å². The van der Waals surface area contributed by atoms with Gasteiger partial charge in [-0.1, -0.05) is 13.8 Å². The molecular weight excluding hydrogens is 300 g/mol. The van der Waals surface area contributed by atoms with E-state index in [1.807, 2.05) is 24.8 Å². The Hall–Kier alpha value is -1.40. The van der Waals surface area contributed by atoms with Crippen LogP contribution < -0.4 is 5.32 Å². The van der Waals surface area contributed by atoms with Crippen molar-refractivity contribution in [1.82, 2.24) is 10.2 Å². The van der Waals surface area contributed by atoms with Crippen LogP contribution in [0.4, 0.5) is 0 Å². The van der Waals surface area contributed by atoms with Crippen molar-refractivity contribution in [2.24, 2.45) is 0 Å². The third-order valence-electron chi connectivity index (χ3n) is 4.27. The SMILES string of the molecule is CCc1sc(C(=O)NC2CC(N(CC)CC(=O)O)C2)cc1C. The smallest absolute Gasteiger partial charge is 0.317 e. The highest BCUT2D eigenvalue weighted by molar-refractivity contribution is 7.14. The van der Waals surface area contributed by atoms with Crippen molar-refractivity contribution >= 4 is 23.2 Å². The molecule has 0 radical (unpaired) electrons. The molecule has 22 heavy (non-hydrogen) atoms. The van der Waals surface area contributed by atoms with E-state index in [0.29, 0.717) is 0 Å². The monoisotopic (exact) mass is 324 g/mol. The van der Waals surface area contributed by atoms with Crippen molar-refractivity contribution in [3.63, 3.8) is 0 Å². The summed E-state index contributed by atoms with van der Waals surface area (Å²) in [6, 6.07) is 2.38. The number of carbonyl (C=O) groups is 2. The lowest BCUT2D eigenvalue weighted by Crippen LogP contribution is -2.54. The number of likely N-dealkylation sites (N-methyl/N-ethyl adjacent to an activating group) is 1. The van der Waals surface area contributed by atoms with Crippen LogP contribution in [0.3, 0.4) is 0 Å². The molecule has 1 amide bonds. The minimum Gasteiger partial charge on any atom is -0.480 e. The van der Waals surface area contributed by atoms with E-state index in [-0.39, 0.29) is 24.5 Å². The molecule has 0 unspecified atom stereocenters. The van der Waals surface area contributed by atoms with E-state index in [9.17, 15) is 9.59 Å². The average Bonchev–Trinajstić information content (AvgIpc) is 2.81. The lowest BCUT2D eigenvalue weighted by atomic mass is 9.85. The molecule has 0 aromatic carbocycles. The Morgan fingerprint density at radius 2 is 2.09 bits per heavy atom. The first-order valence-electron chi connectivity index (χ1n) is 7.80. The molecule has 1 aromatic rings. The first-order valence-corrected chi connectivity index (χ1v) is 8.62. The number of aliphatic carboxylic acids is 1. The second-order valence-electron chi connectivity index (χ2n) is 5.82. The van der Waals surface area contributed by atoms with Crippen LogP contribution in [0.2, 0.25) is 0 Å². The first kappa shape index (κ1) is 17.0. The van der Waals surface area contributed by atoms with E-state index >= 15 is 0 Å². The number of amides is 1. The first-order chi connectivity index (χ1) is 10.4. The molecule has 1 fully saturated rings. The summed E-state index contributed by atoms with van der Waals surface area (Å²) in [6.45, 7) is 6.90. The van der Waals surface area contributed by atoms with Gasteiger partial charge in [-0.2, -0.15) is 0 Å². The van der Waals surface area contributed by atoms with Gasteiger partial charge in [0, 0.05) is 17.0 Å². The zero-order valence-electron chi connectivity index (χ0n) is 13.4. The Balaban J connectivity index is 1.83. The van der Waals surface area contributed by atoms with Crippen LogP contribution >= 0.6 is 11.3 Å². The van der Waals surface area contributed by atoms with Crippen LogP contribution in [0.15, 0.2) is 6.07 Å².